The maximum Gasteiger partial charge on any atom is 0.0469 e. The summed E-state index contributed by atoms with van der Waals surface area (Å²) in [5.74, 6) is 0.673. The standard InChI is InChI=1S/C14H20BrNO/c1-10-3-4-13(15)12(9-10)14(16-2)11-5-7-17-8-6-11/h3-4,9,11,14,16H,5-8H2,1-2H3. The van der Waals surface area contributed by atoms with Gasteiger partial charge in [-0.15, -0.1) is 0 Å². The first-order chi connectivity index (χ1) is 8.22. The van der Waals surface area contributed by atoms with E-state index in [2.05, 4.69) is 53.4 Å². The van der Waals surface area contributed by atoms with E-state index < -0.39 is 0 Å². The highest BCUT2D eigenvalue weighted by Crippen LogP contribution is 2.34. The van der Waals surface area contributed by atoms with Gasteiger partial charge in [0.05, 0.1) is 0 Å². The summed E-state index contributed by atoms with van der Waals surface area (Å²) in [6.07, 6.45) is 2.29. The Hall–Kier alpha value is -0.380. The normalized spacial score (nSPS) is 19.2. The summed E-state index contributed by atoms with van der Waals surface area (Å²) >= 11 is 3.67. The molecule has 17 heavy (non-hydrogen) atoms. The summed E-state index contributed by atoms with van der Waals surface area (Å²) in [5, 5.41) is 3.47. The molecule has 1 heterocycles. The molecule has 0 spiro atoms. The highest BCUT2D eigenvalue weighted by atomic mass is 79.9. The highest BCUT2D eigenvalue weighted by molar-refractivity contribution is 9.10. The molecule has 1 aliphatic heterocycles. The molecule has 1 atom stereocenters. The van der Waals surface area contributed by atoms with Crippen LogP contribution in [0.3, 0.4) is 0 Å². The van der Waals surface area contributed by atoms with E-state index in [1.54, 1.807) is 0 Å². The predicted molar refractivity (Wildman–Crippen MR) is 74.2 cm³/mol. The third kappa shape index (κ3) is 3.09. The van der Waals surface area contributed by atoms with Gasteiger partial charge in [-0.05, 0) is 44.4 Å². The fourth-order valence-electron chi connectivity index (χ4n) is 2.60. The van der Waals surface area contributed by atoms with Crippen LogP contribution in [-0.2, 0) is 4.74 Å². The van der Waals surface area contributed by atoms with Crippen molar-refractivity contribution in [2.45, 2.75) is 25.8 Å². The van der Waals surface area contributed by atoms with Crippen LogP contribution < -0.4 is 5.32 Å². The van der Waals surface area contributed by atoms with Crippen LogP contribution in [0.1, 0.15) is 30.0 Å². The van der Waals surface area contributed by atoms with Gasteiger partial charge in [0, 0.05) is 23.7 Å². The van der Waals surface area contributed by atoms with Gasteiger partial charge in [-0.2, -0.15) is 0 Å². The molecule has 2 rings (SSSR count). The number of rotatable bonds is 3. The smallest absolute Gasteiger partial charge is 0.0469 e. The summed E-state index contributed by atoms with van der Waals surface area (Å²) in [6.45, 7) is 3.94. The Morgan fingerprint density at radius 1 is 1.35 bits per heavy atom. The van der Waals surface area contributed by atoms with Gasteiger partial charge in [0.25, 0.3) is 0 Å². The second-order valence-electron chi connectivity index (χ2n) is 4.74. The first-order valence-corrected chi connectivity index (χ1v) is 7.02. The van der Waals surface area contributed by atoms with Crippen molar-refractivity contribution >= 4 is 15.9 Å². The number of benzene rings is 1. The Morgan fingerprint density at radius 2 is 2.06 bits per heavy atom. The van der Waals surface area contributed by atoms with Crippen LogP contribution in [0.15, 0.2) is 22.7 Å². The monoisotopic (exact) mass is 297 g/mol. The number of halogens is 1. The van der Waals surface area contributed by atoms with Crippen molar-refractivity contribution in [3.05, 3.63) is 33.8 Å². The zero-order valence-electron chi connectivity index (χ0n) is 10.5. The van der Waals surface area contributed by atoms with Crippen LogP contribution in [-0.4, -0.2) is 20.3 Å². The second kappa shape index (κ2) is 5.98. The Morgan fingerprint density at radius 3 is 2.71 bits per heavy atom. The van der Waals surface area contributed by atoms with E-state index >= 15 is 0 Å². The molecule has 0 amide bonds. The molecule has 1 aliphatic rings. The van der Waals surface area contributed by atoms with Crippen LogP contribution in [0.2, 0.25) is 0 Å². The van der Waals surface area contributed by atoms with Crippen molar-refractivity contribution in [1.29, 1.82) is 0 Å². The molecular formula is C14H20BrNO. The van der Waals surface area contributed by atoms with Crippen molar-refractivity contribution in [2.24, 2.45) is 5.92 Å². The van der Waals surface area contributed by atoms with Crippen molar-refractivity contribution in [3.8, 4) is 0 Å². The lowest BCUT2D eigenvalue weighted by atomic mass is 9.87. The molecule has 1 saturated heterocycles. The van der Waals surface area contributed by atoms with Gasteiger partial charge in [-0.1, -0.05) is 33.6 Å². The summed E-state index contributed by atoms with van der Waals surface area (Å²) in [6, 6.07) is 6.99. The maximum absolute atomic E-state index is 5.44. The zero-order valence-corrected chi connectivity index (χ0v) is 12.1. The molecule has 1 aromatic carbocycles. The van der Waals surface area contributed by atoms with Crippen molar-refractivity contribution in [1.82, 2.24) is 5.32 Å². The minimum Gasteiger partial charge on any atom is -0.381 e. The molecule has 1 aromatic rings. The third-order valence-corrected chi connectivity index (χ3v) is 4.26. The van der Waals surface area contributed by atoms with Crippen molar-refractivity contribution in [2.75, 3.05) is 20.3 Å². The lowest BCUT2D eigenvalue weighted by molar-refractivity contribution is 0.0545. The van der Waals surface area contributed by atoms with Crippen LogP contribution in [0.5, 0.6) is 0 Å². The first-order valence-electron chi connectivity index (χ1n) is 6.23. The van der Waals surface area contributed by atoms with Crippen LogP contribution in [0, 0.1) is 12.8 Å². The highest BCUT2D eigenvalue weighted by Gasteiger charge is 2.25. The van der Waals surface area contributed by atoms with E-state index in [1.165, 1.54) is 15.6 Å². The zero-order chi connectivity index (χ0) is 12.3. The van der Waals surface area contributed by atoms with E-state index in [-0.39, 0.29) is 0 Å². The molecule has 1 fully saturated rings. The Balaban J connectivity index is 2.24. The molecule has 2 nitrogen and oxygen atoms in total. The lowest BCUT2D eigenvalue weighted by Gasteiger charge is -2.31. The number of ether oxygens (including phenoxy) is 1. The summed E-state index contributed by atoms with van der Waals surface area (Å²) in [5.41, 5.74) is 2.69. The molecule has 0 radical (unpaired) electrons. The Bertz CT molecular complexity index is 374. The summed E-state index contributed by atoms with van der Waals surface area (Å²) in [4.78, 5) is 0. The van der Waals surface area contributed by atoms with E-state index in [1.807, 2.05) is 0 Å². The topological polar surface area (TPSA) is 21.3 Å². The minimum absolute atomic E-state index is 0.424. The molecule has 0 saturated carbocycles. The number of nitrogens with one attached hydrogen (secondary N) is 1. The van der Waals surface area contributed by atoms with E-state index in [0.29, 0.717) is 12.0 Å². The quantitative estimate of drug-likeness (QED) is 0.923. The first kappa shape index (κ1) is 13.1. The molecule has 1 N–H and O–H groups in total. The van der Waals surface area contributed by atoms with Gasteiger partial charge in [0.1, 0.15) is 0 Å². The second-order valence-corrected chi connectivity index (χ2v) is 5.60. The Kier molecular flexibility index (Phi) is 4.60. The SMILES string of the molecule is CNC(c1cc(C)ccc1Br)C1CCOCC1. The fraction of sp³-hybridized carbons (Fsp3) is 0.571. The van der Waals surface area contributed by atoms with E-state index in [9.17, 15) is 0 Å². The molecule has 0 bridgehead atoms. The molecule has 0 aromatic heterocycles. The van der Waals surface area contributed by atoms with Gasteiger partial charge >= 0.3 is 0 Å². The van der Waals surface area contributed by atoms with E-state index in [4.69, 9.17) is 4.74 Å². The number of hydrogen-bond donors (Lipinski definition) is 1. The molecule has 94 valence electrons. The van der Waals surface area contributed by atoms with Crippen LogP contribution in [0.4, 0.5) is 0 Å². The van der Waals surface area contributed by atoms with Crippen LogP contribution >= 0.6 is 15.9 Å². The number of aryl methyl sites for hydroxylation is 1. The number of hydrogen-bond acceptors (Lipinski definition) is 2. The average molecular weight is 298 g/mol. The van der Waals surface area contributed by atoms with Crippen molar-refractivity contribution < 1.29 is 4.74 Å². The van der Waals surface area contributed by atoms with E-state index in [0.717, 1.165) is 26.1 Å². The molecular weight excluding hydrogens is 278 g/mol. The van der Waals surface area contributed by atoms with Crippen molar-refractivity contribution in [3.63, 3.8) is 0 Å². The minimum atomic E-state index is 0.424. The molecule has 1 unspecified atom stereocenters. The molecule has 3 heteroatoms. The van der Waals surface area contributed by atoms with Gasteiger partial charge in [0.15, 0.2) is 0 Å². The average Bonchev–Trinajstić information content (AvgIpc) is 2.36. The third-order valence-electron chi connectivity index (χ3n) is 3.53. The van der Waals surface area contributed by atoms with Gasteiger partial charge in [-0.25, -0.2) is 0 Å². The maximum atomic E-state index is 5.44. The van der Waals surface area contributed by atoms with Gasteiger partial charge < -0.3 is 10.1 Å². The fourth-order valence-corrected chi connectivity index (χ4v) is 3.09. The molecule has 0 aliphatic carbocycles. The summed E-state index contributed by atoms with van der Waals surface area (Å²) < 4.78 is 6.65. The predicted octanol–water partition coefficient (Wildman–Crippen LogP) is 3.44. The Labute approximate surface area is 112 Å². The van der Waals surface area contributed by atoms with Crippen LogP contribution in [0.25, 0.3) is 0 Å². The lowest BCUT2D eigenvalue weighted by Crippen LogP contribution is -2.30. The van der Waals surface area contributed by atoms with Gasteiger partial charge in [0.2, 0.25) is 0 Å². The summed E-state index contributed by atoms with van der Waals surface area (Å²) in [7, 11) is 2.05. The van der Waals surface area contributed by atoms with Gasteiger partial charge in [-0.3, -0.25) is 0 Å². The largest absolute Gasteiger partial charge is 0.381 e.